The fraction of sp³-hybridized carbons (Fsp3) is 0.435. The summed E-state index contributed by atoms with van der Waals surface area (Å²) in [5, 5.41) is 15.0. The number of hydrogen-bond donors (Lipinski definition) is 4. The molecule has 6 N–H and O–H groups in total. The van der Waals surface area contributed by atoms with Crippen molar-refractivity contribution in [3.63, 3.8) is 0 Å². The summed E-state index contributed by atoms with van der Waals surface area (Å²) in [6, 6.07) is 5.72. The molecule has 0 aliphatic carbocycles. The third-order valence-corrected chi connectivity index (χ3v) is 6.07. The van der Waals surface area contributed by atoms with E-state index in [1.54, 1.807) is 24.4 Å². The van der Waals surface area contributed by atoms with Crippen LogP contribution >= 0.6 is 15.9 Å². The van der Waals surface area contributed by atoms with E-state index in [-0.39, 0.29) is 16.8 Å². The molecule has 7 heteroatoms. The maximum atomic E-state index is 10.4. The van der Waals surface area contributed by atoms with E-state index in [1.807, 2.05) is 19.2 Å². The van der Waals surface area contributed by atoms with Crippen LogP contribution < -0.4 is 16.8 Å². The van der Waals surface area contributed by atoms with Crippen molar-refractivity contribution in [2.24, 2.45) is 11.5 Å². The maximum absolute atomic E-state index is 10.4. The topological polar surface area (TPSA) is 100 Å². The Labute approximate surface area is 187 Å². The Kier molecular flexibility index (Phi) is 6.07. The number of hydrogen-bond acceptors (Lipinski definition) is 6. The van der Waals surface area contributed by atoms with Gasteiger partial charge < -0.3 is 26.8 Å². The Morgan fingerprint density at radius 1 is 1.17 bits per heavy atom. The molecule has 2 aromatic rings. The molecule has 0 spiro atoms. The standard InChI is InChI=1S/C23H32BrN5O/c1-22(2)11-16(12-23(3,4)28-22)29(5)21(26)7-6-18(25)17-9-14-8-15(24)13-27-19(14)10-20(17)30/h6-10,13,16,28,30H,11-12,25-26H2,1-5H3/b18-6-,21-7+. The second-order valence-corrected chi connectivity index (χ2v) is 10.4. The van der Waals surface area contributed by atoms with E-state index in [9.17, 15) is 5.11 Å². The van der Waals surface area contributed by atoms with Crippen molar-refractivity contribution in [3.8, 4) is 5.75 Å². The van der Waals surface area contributed by atoms with E-state index in [0.29, 0.717) is 28.6 Å². The minimum Gasteiger partial charge on any atom is -0.507 e. The first-order valence-electron chi connectivity index (χ1n) is 10.1. The highest BCUT2D eigenvalue weighted by Crippen LogP contribution is 2.32. The van der Waals surface area contributed by atoms with Gasteiger partial charge in [-0.2, -0.15) is 0 Å². The molecular formula is C23H32BrN5O. The summed E-state index contributed by atoms with van der Waals surface area (Å²) in [7, 11) is 2.02. The van der Waals surface area contributed by atoms with Gasteiger partial charge in [-0.1, -0.05) is 0 Å². The summed E-state index contributed by atoms with van der Waals surface area (Å²) in [6.07, 6.45) is 7.24. The number of benzene rings is 1. The minimum atomic E-state index is 0.0367. The lowest BCUT2D eigenvalue weighted by Gasteiger charge is -2.49. The summed E-state index contributed by atoms with van der Waals surface area (Å²) in [6.45, 7) is 8.90. The van der Waals surface area contributed by atoms with Gasteiger partial charge in [0.1, 0.15) is 5.75 Å². The number of allylic oxidation sites excluding steroid dienone is 2. The lowest BCUT2D eigenvalue weighted by Crippen LogP contribution is -2.61. The van der Waals surface area contributed by atoms with Crippen LogP contribution in [0.2, 0.25) is 0 Å². The van der Waals surface area contributed by atoms with Gasteiger partial charge in [-0.3, -0.25) is 4.98 Å². The van der Waals surface area contributed by atoms with Gasteiger partial charge in [0.25, 0.3) is 0 Å². The third kappa shape index (κ3) is 5.08. The largest absolute Gasteiger partial charge is 0.507 e. The monoisotopic (exact) mass is 473 g/mol. The van der Waals surface area contributed by atoms with Gasteiger partial charge in [-0.05, 0) is 80.8 Å². The number of fused-ring (bicyclic) bond motifs is 1. The molecule has 3 rings (SSSR count). The molecule has 0 unspecified atom stereocenters. The van der Waals surface area contributed by atoms with Gasteiger partial charge in [-0.25, -0.2) is 0 Å². The van der Waals surface area contributed by atoms with Crippen LogP contribution in [-0.2, 0) is 0 Å². The molecule has 2 heterocycles. The van der Waals surface area contributed by atoms with Gasteiger partial charge in [0.15, 0.2) is 0 Å². The predicted octanol–water partition coefficient (Wildman–Crippen LogP) is 4.04. The molecule has 0 saturated carbocycles. The van der Waals surface area contributed by atoms with E-state index in [1.165, 1.54) is 0 Å². The normalized spacial score (nSPS) is 19.8. The Bertz CT molecular complexity index is 996. The Hall–Kier alpha value is -2.25. The molecule has 0 bridgehead atoms. The zero-order valence-corrected chi connectivity index (χ0v) is 19.9. The molecule has 1 aliphatic rings. The smallest absolute Gasteiger partial charge is 0.127 e. The quantitative estimate of drug-likeness (QED) is 0.499. The van der Waals surface area contributed by atoms with Crippen molar-refractivity contribution in [1.29, 1.82) is 0 Å². The zero-order chi connectivity index (χ0) is 22.3. The van der Waals surface area contributed by atoms with Crippen LogP contribution in [0.5, 0.6) is 5.75 Å². The van der Waals surface area contributed by atoms with Crippen LogP contribution in [0.15, 0.2) is 46.8 Å². The predicted molar refractivity (Wildman–Crippen MR) is 128 cm³/mol. The number of aromatic nitrogens is 1. The van der Waals surface area contributed by atoms with Crippen molar-refractivity contribution in [3.05, 3.63) is 52.4 Å². The summed E-state index contributed by atoms with van der Waals surface area (Å²) in [5.74, 6) is 0.731. The highest BCUT2D eigenvalue weighted by atomic mass is 79.9. The second kappa shape index (κ2) is 8.12. The summed E-state index contributed by atoms with van der Waals surface area (Å²) >= 11 is 3.43. The minimum absolute atomic E-state index is 0.0367. The number of nitrogens with zero attached hydrogens (tertiary/aromatic N) is 2. The maximum Gasteiger partial charge on any atom is 0.127 e. The number of nitrogens with one attached hydrogen (secondary N) is 1. The number of pyridine rings is 1. The number of piperidine rings is 1. The SMILES string of the molecule is CN(/C(N)=C/C=C(\N)c1cc2cc(Br)cnc2cc1O)C1CC(C)(C)NC(C)(C)C1. The molecule has 30 heavy (non-hydrogen) atoms. The Morgan fingerprint density at radius 2 is 1.80 bits per heavy atom. The van der Waals surface area contributed by atoms with Crippen molar-refractivity contribution in [2.75, 3.05) is 7.05 Å². The second-order valence-electron chi connectivity index (χ2n) is 9.49. The van der Waals surface area contributed by atoms with E-state index in [0.717, 1.165) is 22.7 Å². The van der Waals surface area contributed by atoms with E-state index < -0.39 is 0 Å². The Morgan fingerprint density at radius 3 is 2.43 bits per heavy atom. The van der Waals surface area contributed by atoms with Crippen molar-refractivity contribution < 1.29 is 5.11 Å². The number of phenols is 1. The van der Waals surface area contributed by atoms with Gasteiger partial charge in [0.2, 0.25) is 0 Å². The molecule has 1 aliphatic heterocycles. The van der Waals surface area contributed by atoms with Gasteiger partial charge in [0, 0.05) is 57.6 Å². The highest BCUT2D eigenvalue weighted by Gasteiger charge is 2.39. The third-order valence-electron chi connectivity index (χ3n) is 5.63. The molecule has 0 atom stereocenters. The average molecular weight is 474 g/mol. The molecule has 1 aromatic carbocycles. The molecule has 1 fully saturated rings. The first-order valence-corrected chi connectivity index (χ1v) is 10.9. The fourth-order valence-corrected chi connectivity index (χ4v) is 4.85. The molecule has 162 valence electrons. The van der Waals surface area contributed by atoms with Crippen molar-refractivity contribution >= 4 is 32.5 Å². The van der Waals surface area contributed by atoms with Crippen LogP contribution in [0.3, 0.4) is 0 Å². The van der Waals surface area contributed by atoms with Gasteiger partial charge in [0.05, 0.1) is 11.3 Å². The highest BCUT2D eigenvalue weighted by molar-refractivity contribution is 9.10. The van der Waals surface area contributed by atoms with Crippen LogP contribution in [0.4, 0.5) is 0 Å². The average Bonchev–Trinajstić information content (AvgIpc) is 2.62. The van der Waals surface area contributed by atoms with E-state index in [2.05, 4.69) is 58.8 Å². The fourth-order valence-electron chi connectivity index (χ4n) is 4.51. The summed E-state index contributed by atoms with van der Waals surface area (Å²) < 4.78 is 0.868. The molecule has 1 aromatic heterocycles. The molecule has 0 amide bonds. The molecular weight excluding hydrogens is 442 g/mol. The molecule has 6 nitrogen and oxygen atoms in total. The number of nitrogens with two attached hydrogens (primary N) is 2. The van der Waals surface area contributed by atoms with Crippen molar-refractivity contribution in [1.82, 2.24) is 15.2 Å². The summed E-state index contributed by atoms with van der Waals surface area (Å²) in [5.41, 5.74) is 14.4. The van der Waals surface area contributed by atoms with Crippen LogP contribution in [-0.4, -0.2) is 39.2 Å². The van der Waals surface area contributed by atoms with Crippen LogP contribution in [0.1, 0.15) is 46.1 Å². The van der Waals surface area contributed by atoms with Crippen LogP contribution in [0.25, 0.3) is 16.6 Å². The number of phenolic OH excluding ortho intramolecular Hbond substituents is 1. The van der Waals surface area contributed by atoms with Crippen molar-refractivity contribution in [2.45, 2.75) is 57.7 Å². The van der Waals surface area contributed by atoms with E-state index >= 15 is 0 Å². The number of aromatic hydroxyl groups is 1. The van der Waals surface area contributed by atoms with Gasteiger partial charge in [-0.15, -0.1) is 0 Å². The Balaban J connectivity index is 1.84. The number of halogens is 1. The lowest BCUT2D eigenvalue weighted by atomic mass is 9.79. The first kappa shape index (κ1) is 22.4. The van der Waals surface area contributed by atoms with E-state index in [4.69, 9.17) is 11.5 Å². The van der Waals surface area contributed by atoms with Gasteiger partial charge >= 0.3 is 0 Å². The lowest BCUT2D eigenvalue weighted by molar-refractivity contribution is 0.0981. The zero-order valence-electron chi connectivity index (χ0n) is 18.3. The summed E-state index contributed by atoms with van der Waals surface area (Å²) in [4.78, 5) is 6.42. The molecule has 0 radical (unpaired) electrons. The van der Waals surface area contributed by atoms with Crippen LogP contribution in [0, 0.1) is 0 Å². The number of rotatable bonds is 4. The first-order chi connectivity index (χ1) is 13.9. The molecule has 1 saturated heterocycles.